The van der Waals surface area contributed by atoms with E-state index in [4.69, 9.17) is 10.5 Å². The van der Waals surface area contributed by atoms with Crippen LogP contribution in [0.4, 0.5) is 0 Å². The number of aromatic nitrogens is 2. The van der Waals surface area contributed by atoms with Gasteiger partial charge in [0.1, 0.15) is 5.82 Å². The number of rotatable bonds is 6. The average molecular weight is 225 g/mol. The lowest BCUT2D eigenvalue weighted by atomic mass is 9.88. The van der Waals surface area contributed by atoms with Crippen LogP contribution in [0, 0.1) is 0 Å². The normalized spacial score (nSPS) is 14.1. The van der Waals surface area contributed by atoms with E-state index in [2.05, 4.69) is 30.3 Å². The molecule has 16 heavy (non-hydrogen) atoms. The molecule has 1 unspecified atom stereocenters. The van der Waals surface area contributed by atoms with Crippen LogP contribution < -0.4 is 5.73 Å². The van der Waals surface area contributed by atoms with Crippen molar-refractivity contribution >= 4 is 0 Å². The molecule has 1 atom stereocenters. The molecular weight excluding hydrogens is 202 g/mol. The highest BCUT2D eigenvalue weighted by molar-refractivity contribution is 5.06. The standard InChI is InChI=1S/C12H23N3O/c1-5-12(6-2,16-4)10(13)11-14-8-9-15(11)7-3/h8-10H,5-7,13H2,1-4H3. The van der Waals surface area contributed by atoms with Gasteiger partial charge in [0.15, 0.2) is 0 Å². The van der Waals surface area contributed by atoms with E-state index >= 15 is 0 Å². The first-order chi connectivity index (χ1) is 7.65. The third kappa shape index (κ3) is 2.13. The summed E-state index contributed by atoms with van der Waals surface area (Å²) < 4.78 is 7.72. The van der Waals surface area contributed by atoms with E-state index in [0.717, 1.165) is 25.2 Å². The molecule has 0 saturated heterocycles. The Balaban J connectivity index is 3.03. The van der Waals surface area contributed by atoms with Crippen LogP contribution in [0.25, 0.3) is 0 Å². The van der Waals surface area contributed by atoms with Gasteiger partial charge in [-0.05, 0) is 19.8 Å². The maximum Gasteiger partial charge on any atom is 0.128 e. The van der Waals surface area contributed by atoms with Crippen molar-refractivity contribution in [2.75, 3.05) is 7.11 Å². The number of methoxy groups -OCH3 is 1. The van der Waals surface area contributed by atoms with Gasteiger partial charge in [0.25, 0.3) is 0 Å². The van der Waals surface area contributed by atoms with Crippen molar-refractivity contribution < 1.29 is 4.74 Å². The van der Waals surface area contributed by atoms with Crippen molar-refractivity contribution in [1.29, 1.82) is 0 Å². The van der Waals surface area contributed by atoms with Crippen LogP contribution in [-0.2, 0) is 11.3 Å². The largest absolute Gasteiger partial charge is 0.376 e. The Kier molecular flexibility index (Phi) is 4.50. The van der Waals surface area contributed by atoms with E-state index in [1.807, 2.05) is 6.20 Å². The fourth-order valence-corrected chi connectivity index (χ4v) is 2.21. The van der Waals surface area contributed by atoms with E-state index < -0.39 is 0 Å². The third-order valence-electron chi connectivity index (χ3n) is 3.54. The summed E-state index contributed by atoms with van der Waals surface area (Å²) in [5.74, 6) is 0.910. The van der Waals surface area contributed by atoms with Crippen molar-refractivity contribution in [2.45, 2.75) is 51.8 Å². The van der Waals surface area contributed by atoms with Gasteiger partial charge < -0.3 is 15.0 Å². The minimum absolute atomic E-state index is 0.178. The second-order valence-corrected chi connectivity index (χ2v) is 4.03. The first-order valence-electron chi connectivity index (χ1n) is 5.96. The van der Waals surface area contributed by atoms with Crippen molar-refractivity contribution in [1.82, 2.24) is 9.55 Å². The molecule has 0 aliphatic heterocycles. The Morgan fingerprint density at radius 2 is 2.06 bits per heavy atom. The van der Waals surface area contributed by atoms with Gasteiger partial charge in [0.05, 0.1) is 11.6 Å². The SMILES string of the molecule is CCn1ccnc1C(N)C(CC)(CC)OC. The summed E-state index contributed by atoms with van der Waals surface area (Å²) in [5.41, 5.74) is 6.01. The smallest absolute Gasteiger partial charge is 0.128 e. The zero-order valence-electron chi connectivity index (χ0n) is 10.7. The monoisotopic (exact) mass is 225 g/mol. The molecule has 0 radical (unpaired) electrons. The fraction of sp³-hybridized carbons (Fsp3) is 0.750. The number of aryl methyl sites for hydroxylation is 1. The van der Waals surface area contributed by atoms with Crippen LogP contribution in [0.2, 0.25) is 0 Å². The molecule has 0 saturated carbocycles. The highest BCUT2D eigenvalue weighted by atomic mass is 16.5. The molecule has 0 fully saturated rings. The van der Waals surface area contributed by atoms with E-state index in [-0.39, 0.29) is 11.6 Å². The van der Waals surface area contributed by atoms with Gasteiger partial charge in [-0.1, -0.05) is 13.8 Å². The highest BCUT2D eigenvalue weighted by Gasteiger charge is 2.36. The second kappa shape index (κ2) is 5.46. The van der Waals surface area contributed by atoms with Gasteiger partial charge in [-0.2, -0.15) is 0 Å². The molecule has 4 nitrogen and oxygen atoms in total. The number of imidazole rings is 1. The molecule has 0 aliphatic rings. The summed E-state index contributed by atoms with van der Waals surface area (Å²) in [6.45, 7) is 7.18. The Bertz CT molecular complexity index is 310. The summed E-state index contributed by atoms with van der Waals surface area (Å²) >= 11 is 0. The molecule has 0 amide bonds. The molecule has 1 aromatic rings. The lowest BCUT2D eigenvalue weighted by Crippen LogP contribution is -2.43. The molecule has 2 N–H and O–H groups in total. The number of hydrogen-bond acceptors (Lipinski definition) is 3. The molecule has 4 heteroatoms. The number of ether oxygens (including phenoxy) is 1. The molecule has 0 aliphatic carbocycles. The lowest BCUT2D eigenvalue weighted by Gasteiger charge is -2.35. The van der Waals surface area contributed by atoms with Crippen LogP contribution in [0.15, 0.2) is 12.4 Å². The van der Waals surface area contributed by atoms with Gasteiger partial charge in [-0.3, -0.25) is 0 Å². The van der Waals surface area contributed by atoms with Crippen LogP contribution in [-0.4, -0.2) is 22.3 Å². The first kappa shape index (κ1) is 13.2. The quantitative estimate of drug-likeness (QED) is 0.806. The average Bonchev–Trinajstić information content (AvgIpc) is 2.79. The molecular formula is C12H23N3O. The van der Waals surface area contributed by atoms with Gasteiger partial charge in [0.2, 0.25) is 0 Å². The molecule has 1 rings (SSSR count). The predicted molar refractivity (Wildman–Crippen MR) is 65.2 cm³/mol. The zero-order valence-corrected chi connectivity index (χ0v) is 10.7. The Hall–Kier alpha value is -0.870. The van der Waals surface area contributed by atoms with Gasteiger partial charge in [0, 0.05) is 26.0 Å². The highest BCUT2D eigenvalue weighted by Crippen LogP contribution is 2.32. The van der Waals surface area contributed by atoms with Crippen LogP contribution in [0.1, 0.15) is 45.5 Å². The molecule has 1 aromatic heterocycles. The summed E-state index contributed by atoms with van der Waals surface area (Å²) in [6.07, 6.45) is 5.53. The van der Waals surface area contributed by atoms with Gasteiger partial charge >= 0.3 is 0 Å². The minimum Gasteiger partial charge on any atom is -0.376 e. The fourth-order valence-electron chi connectivity index (χ4n) is 2.21. The maximum atomic E-state index is 6.32. The summed E-state index contributed by atoms with van der Waals surface area (Å²) in [7, 11) is 1.73. The summed E-state index contributed by atoms with van der Waals surface area (Å²) in [5, 5.41) is 0. The van der Waals surface area contributed by atoms with Crippen LogP contribution in [0.3, 0.4) is 0 Å². The number of hydrogen-bond donors (Lipinski definition) is 1. The molecule has 0 spiro atoms. The molecule has 92 valence electrons. The lowest BCUT2D eigenvalue weighted by molar-refractivity contribution is -0.0412. The maximum absolute atomic E-state index is 6.32. The van der Waals surface area contributed by atoms with Gasteiger partial charge in [-0.25, -0.2) is 4.98 Å². The summed E-state index contributed by atoms with van der Waals surface area (Å²) in [6, 6.07) is -0.178. The predicted octanol–water partition coefficient (Wildman–Crippen LogP) is 2.11. The van der Waals surface area contributed by atoms with Crippen LogP contribution >= 0.6 is 0 Å². The Labute approximate surface area is 97.8 Å². The van der Waals surface area contributed by atoms with Crippen LogP contribution in [0.5, 0.6) is 0 Å². The third-order valence-corrected chi connectivity index (χ3v) is 3.54. The van der Waals surface area contributed by atoms with Gasteiger partial charge in [-0.15, -0.1) is 0 Å². The first-order valence-corrected chi connectivity index (χ1v) is 5.96. The topological polar surface area (TPSA) is 53.1 Å². The molecule has 0 aromatic carbocycles. The summed E-state index contributed by atoms with van der Waals surface area (Å²) in [4.78, 5) is 4.35. The van der Waals surface area contributed by atoms with Crippen molar-refractivity contribution in [3.8, 4) is 0 Å². The van der Waals surface area contributed by atoms with Crippen molar-refractivity contribution in [3.05, 3.63) is 18.2 Å². The number of nitrogens with two attached hydrogens (primary N) is 1. The number of nitrogens with zero attached hydrogens (tertiary/aromatic N) is 2. The van der Waals surface area contributed by atoms with E-state index in [1.54, 1.807) is 13.3 Å². The Morgan fingerprint density at radius 1 is 1.44 bits per heavy atom. The van der Waals surface area contributed by atoms with Crippen molar-refractivity contribution in [3.63, 3.8) is 0 Å². The molecule has 0 bridgehead atoms. The zero-order chi connectivity index (χ0) is 12.2. The minimum atomic E-state index is -0.307. The second-order valence-electron chi connectivity index (χ2n) is 4.03. The van der Waals surface area contributed by atoms with E-state index in [9.17, 15) is 0 Å². The van der Waals surface area contributed by atoms with Crippen molar-refractivity contribution in [2.24, 2.45) is 5.73 Å². The van der Waals surface area contributed by atoms with E-state index in [0.29, 0.717) is 0 Å². The Morgan fingerprint density at radius 3 is 2.50 bits per heavy atom. The molecule has 1 heterocycles. The van der Waals surface area contributed by atoms with E-state index in [1.165, 1.54) is 0 Å².